The number of nitriles is 1. The number of hydrogen-bond donors (Lipinski definition) is 1. The molecule has 0 spiro atoms. The van der Waals surface area contributed by atoms with Gasteiger partial charge in [0.1, 0.15) is 29.8 Å². The lowest BCUT2D eigenvalue weighted by molar-refractivity contribution is -0.155. The molecule has 1 saturated heterocycles. The molecule has 3 aromatic rings. The maximum Gasteiger partial charge on any atom is 0.306 e. The lowest BCUT2D eigenvalue weighted by Crippen LogP contribution is -2.45. The first-order valence-corrected chi connectivity index (χ1v) is 16.6. The molecule has 2 amide bonds. The van der Waals surface area contributed by atoms with E-state index in [0.29, 0.717) is 40.0 Å². The van der Waals surface area contributed by atoms with Gasteiger partial charge >= 0.3 is 5.97 Å². The molecule has 0 aromatic heterocycles. The van der Waals surface area contributed by atoms with Gasteiger partial charge in [0, 0.05) is 40.8 Å². The van der Waals surface area contributed by atoms with Crippen molar-refractivity contribution < 1.29 is 28.2 Å². The smallest absolute Gasteiger partial charge is 0.306 e. The van der Waals surface area contributed by atoms with Gasteiger partial charge in [0.25, 0.3) is 5.91 Å². The van der Waals surface area contributed by atoms with E-state index in [1.165, 1.54) is 11.0 Å². The molecule has 0 radical (unpaired) electrons. The number of halogens is 1. The van der Waals surface area contributed by atoms with Crippen LogP contribution in [0.15, 0.2) is 65.6 Å². The Morgan fingerprint density at radius 3 is 2.47 bits per heavy atom. The number of anilines is 1. The summed E-state index contributed by atoms with van der Waals surface area (Å²) >= 11 is 1.81. The number of carbonyl (C=O) groups excluding carboxylic acids is 3. The third kappa shape index (κ3) is 8.43. The van der Waals surface area contributed by atoms with Crippen LogP contribution in [0, 0.1) is 17.1 Å². The summed E-state index contributed by atoms with van der Waals surface area (Å²) in [6.07, 6.45) is 1.86. The molecule has 0 aliphatic carbocycles. The Bertz CT molecular complexity index is 1680. The number of rotatable bonds is 11. The fourth-order valence-corrected chi connectivity index (χ4v) is 7.00. The number of fused-ring (bicyclic) bond motifs is 1. The van der Waals surface area contributed by atoms with Crippen LogP contribution in [-0.2, 0) is 27.5 Å². The number of ether oxygens (including phenoxy) is 2. The largest absolute Gasteiger partial charge is 0.489 e. The van der Waals surface area contributed by atoms with E-state index in [4.69, 9.17) is 20.5 Å². The molecule has 1 atom stereocenters. The highest BCUT2D eigenvalue weighted by molar-refractivity contribution is 8.00. The molecule has 5 rings (SSSR count). The summed E-state index contributed by atoms with van der Waals surface area (Å²) in [4.78, 5) is 42.5. The standard InChI is InChI=1S/C36H39FN4O5S/c1-36(2,3)46-33(42)14-13-31(34(39)43)41-21-28-27(35(41)44)5-4-6-32(28)45-22-23-7-10-25(11-8-23)47-26-15-17-40(18-16-26)30-12-9-24(20-38)19-29(30)37/h4-12,19,26,31H,13-18,21-22H2,1-3H3,(H2,39,43)/t31-/m1/s1. The van der Waals surface area contributed by atoms with Crippen molar-refractivity contribution in [2.75, 3.05) is 18.0 Å². The van der Waals surface area contributed by atoms with E-state index >= 15 is 0 Å². The first kappa shape index (κ1) is 33.8. The summed E-state index contributed by atoms with van der Waals surface area (Å²) < 4.78 is 26.0. The highest BCUT2D eigenvalue weighted by Crippen LogP contribution is 2.35. The molecular weight excluding hydrogens is 619 g/mol. The Morgan fingerprint density at radius 2 is 1.83 bits per heavy atom. The van der Waals surface area contributed by atoms with Crippen LogP contribution in [0.2, 0.25) is 0 Å². The molecule has 0 saturated carbocycles. The summed E-state index contributed by atoms with van der Waals surface area (Å²) in [5.74, 6) is -1.27. The molecule has 2 N–H and O–H groups in total. The molecule has 11 heteroatoms. The Balaban J connectivity index is 1.14. The van der Waals surface area contributed by atoms with Crippen molar-refractivity contribution in [3.63, 3.8) is 0 Å². The zero-order chi connectivity index (χ0) is 33.7. The second-order valence-corrected chi connectivity index (χ2v) is 14.1. The van der Waals surface area contributed by atoms with Gasteiger partial charge in [0.15, 0.2) is 0 Å². The van der Waals surface area contributed by atoms with Crippen molar-refractivity contribution in [1.29, 1.82) is 5.26 Å². The molecule has 47 heavy (non-hydrogen) atoms. The van der Waals surface area contributed by atoms with Crippen LogP contribution in [0.1, 0.15) is 73.5 Å². The number of hydrogen-bond acceptors (Lipinski definition) is 8. The molecule has 1 fully saturated rings. The normalized spacial score (nSPS) is 15.6. The van der Waals surface area contributed by atoms with Crippen LogP contribution in [0.4, 0.5) is 10.1 Å². The van der Waals surface area contributed by atoms with E-state index in [2.05, 4.69) is 12.1 Å². The van der Waals surface area contributed by atoms with Gasteiger partial charge in [-0.15, -0.1) is 11.8 Å². The molecule has 2 aliphatic rings. The number of esters is 1. The molecule has 3 aromatic carbocycles. The van der Waals surface area contributed by atoms with Gasteiger partial charge in [-0.3, -0.25) is 14.4 Å². The lowest BCUT2D eigenvalue weighted by Gasteiger charge is -2.33. The van der Waals surface area contributed by atoms with Gasteiger partial charge in [-0.05, 0) is 88.1 Å². The average Bonchev–Trinajstić information content (AvgIpc) is 3.36. The van der Waals surface area contributed by atoms with Crippen molar-refractivity contribution in [2.24, 2.45) is 5.73 Å². The van der Waals surface area contributed by atoms with Crippen LogP contribution >= 0.6 is 11.8 Å². The Morgan fingerprint density at radius 1 is 1.11 bits per heavy atom. The number of carbonyl (C=O) groups is 3. The Hall–Kier alpha value is -4.56. The van der Waals surface area contributed by atoms with Gasteiger partial charge < -0.3 is 25.0 Å². The average molecular weight is 659 g/mol. The minimum absolute atomic E-state index is 0.0413. The van der Waals surface area contributed by atoms with Crippen molar-refractivity contribution in [3.8, 4) is 11.8 Å². The summed E-state index contributed by atoms with van der Waals surface area (Å²) in [6, 6.07) is 19.1. The molecule has 0 bridgehead atoms. The van der Waals surface area contributed by atoms with Crippen molar-refractivity contribution in [2.45, 2.75) is 81.4 Å². The predicted molar refractivity (Wildman–Crippen MR) is 177 cm³/mol. The zero-order valence-corrected chi connectivity index (χ0v) is 27.6. The van der Waals surface area contributed by atoms with Crippen LogP contribution in [0.25, 0.3) is 0 Å². The minimum Gasteiger partial charge on any atom is -0.489 e. The van der Waals surface area contributed by atoms with Crippen molar-refractivity contribution in [1.82, 2.24) is 4.90 Å². The molecule has 2 aliphatic heterocycles. The maximum atomic E-state index is 14.5. The van der Waals surface area contributed by atoms with E-state index in [1.807, 2.05) is 34.9 Å². The first-order valence-electron chi connectivity index (χ1n) is 15.7. The molecule has 2 heterocycles. The van der Waals surface area contributed by atoms with Gasteiger partial charge in [-0.25, -0.2) is 4.39 Å². The monoisotopic (exact) mass is 658 g/mol. The number of nitrogens with two attached hydrogens (primary N) is 1. The van der Waals surface area contributed by atoms with Gasteiger partial charge in [-0.2, -0.15) is 5.26 Å². The number of primary amides is 1. The fraction of sp³-hybridized carbons (Fsp3) is 0.389. The third-order valence-corrected chi connectivity index (χ3v) is 9.53. The van der Waals surface area contributed by atoms with Crippen LogP contribution in [0.5, 0.6) is 5.75 Å². The fourth-order valence-electron chi connectivity index (χ4n) is 5.88. The number of thioether (sulfide) groups is 1. The molecule has 9 nitrogen and oxygen atoms in total. The number of piperidine rings is 1. The van der Waals surface area contributed by atoms with Gasteiger partial charge in [0.2, 0.25) is 5.91 Å². The molecular formula is C36H39FN4O5S. The highest BCUT2D eigenvalue weighted by atomic mass is 32.2. The summed E-state index contributed by atoms with van der Waals surface area (Å²) in [5.41, 5.74) is 7.98. The number of benzene rings is 3. The molecule has 0 unspecified atom stereocenters. The number of amides is 2. The maximum absolute atomic E-state index is 14.5. The van der Waals surface area contributed by atoms with Crippen LogP contribution in [0.3, 0.4) is 0 Å². The van der Waals surface area contributed by atoms with Gasteiger partial charge in [-0.1, -0.05) is 18.2 Å². The second kappa shape index (κ2) is 14.5. The topological polar surface area (TPSA) is 126 Å². The van der Waals surface area contributed by atoms with E-state index < -0.39 is 23.5 Å². The van der Waals surface area contributed by atoms with Crippen molar-refractivity contribution >= 4 is 35.2 Å². The summed E-state index contributed by atoms with van der Waals surface area (Å²) in [7, 11) is 0. The second-order valence-electron chi connectivity index (χ2n) is 12.8. The Kier molecular flexibility index (Phi) is 10.4. The van der Waals surface area contributed by atoms with E-state index in [-0.39, 0.29) is 31.1 Å². The highest BCUT2D eigenvalue weighted by Gasteiger charge is 2.37. The van der Waals surface area contributed by atoms with Gasteiger partial charge in [0.05, 0.1) is 23.9 Å². The zero-order valence-electron chi connectivity index (χ0n) is 26.8. The summed E-state index contributed by atoms with van der Waals surface area (Å²) in [6.45, 7) is 7.24. The first-order chi connectivity index (χ1) is 22.4. The number of nitrogens with zero attached hydrogens (tertiary/aromatic N) is 3. The van der Waals surface area contributed by atoms with Crippen LogP contribution in [-0.4, -0.2) is 52.7 Å². The summed E-state index contributed by atoms with van der Waals surface area (Å²) in [5, 5.41) is 9.41. The Labute approximate surface area is 278 Å². The lowest BCUT2D eigenvalue weighted by atomic mass is 10.1. The third-order valence-electron chi connectivity index (χ3n) is 8.18. The molecule has 246 valence electrons. The van der Waals surface area contributed by atoms with E-state index in [0.717, 1.165) is 36.4 Å². The van der Waals surface area contributed by atoms with Crippen molar-refractivity contribution in [3.05, 3.63) is 88.7 Å². The van der Waals surface area contributed by atoms with E-state index in [1.54, 1.807) is 51.1 Å². The van der Waals surface area contributed by atoms with Crippen LogP contribution < -0.4 is 15.4 Å². The minimum atomic E-state index is -0.954. The predicted octanol–water partition coefficient (Wildman–Crippen LogP) is 5.97. The quantitative estimate of drug-likeness (QED) is 0.250. The SMILES string of the molecule is CC(C)(C)OC(=O)CC[C@H](C(N)=O)N1Cc2c(OCc3ccc(SC4CCN(c5ccc(C#N)cc5F)CC4)cc3)cccc2C1=O. The van der Waals surface area contributed by atoms with E-state index in [9.17, 15) is 18.8 Å².